The van der Waals surface area contributed by atoms with E-state index in [1.54, 1.807) is 0 Å². The van der Waals surface area contributed by atoms with Gasteiger partial charge in [-0.1, -0.05) is 42.4 Å². The quantitative estimate of drug-likeness (QED) is 0.645. The molecule has 7 nitrogen and oxygen atoms in total. The van der Waals surface area contributed by atoms with Crippen molar-refractivity contribution in [3.05, 3.63) is 35.9 Å². The number of carbonyl (C=O) groups is 1. The molecule has 168 valence electrons. The highest BCUT2D eigenvalue weighted by molar-refractivity contribution is 5.77. The second kappa shape index (κ2) is 10.8. The van der Waals surface area contributed by atoms with E-state index in [-0.39, 0.29) is 5.91 Å². The third kappa shape index (κ3) is 5.46. The highest BCUT2D eigenvalue weighted by Crippen LogP contribution is 2.34. The first-order chi connectivity index (χ1) is 15.3. The lowest BCUT2D eigenvalue weighted by Gasteiger charge is -2.31. The second-order valence-electron chi connectivity index (χ2n) is 8.35. The molecule has 0 bridgehead atoms. The highest BCUT2D eigenvalue weighted by atomic mass is 16.5. The predicted molar refractivity (Wildman–Crippen MR) is 121 cm³/mol. The summed E-state index contributed by atoms with van der Waals surface area (Å²) >= 11 is 0. The summed E-state index contributed by atoms with van der Waals surface area (Å²) in [6.07, 6.45) is 4.07. The van der Waals surface area contributed by atoms with Crippen LogP contribution in [0.2, 0.25) is 0 Å². The third-order valence-corrected chi connectivity index (χ3v) is 6.25. The van der Waals surface area contributed by atoms with Crippen molar-refractivity contribution in [1.29, 1.82) is 0 Å². The number of ether oxygens (including phenoxy) is 1. The number of morpholine rings is 1. The van der Waals surface area contributed by atoms with E-state index in [9.17, 15) is 4.79 Å². The Labute approximate surface area is 184 Å². The average Bonchev–Trinajstić information content (AvgIpc) is 3.26. The van der Waals surface area contributed by atoms with E-state index in [0.717, 1.165) is 81.5 Å². The lowest BCUT2D eigenvalue weighted by molar-refractivity contribution is -0.131. The van der Waals surface area contributed by atoms with Crippen molar-refractivity contribution in [3.63, 3.8) is 0 Å². The zero-order valence-corrected chi connectivity index (χ0v) is 18.6. The molecule has 2 aromatic rings. The van der Waals surface area contributed by atoms with Crippen LogP contribution in [0.3, 0.4) is 0 Å². The summed E-state index contributed by atoms with van der Waals surface area (Å²) in [5, 5.41) is 4.47. The van der Waals surface area contributed by atoms with E-state index >= 15 is 0 Å². The Morgan fingerprint density at radius 2 is 1.81 bits per heavy atom. The van der Waals surface area contributed by atoms with Crippen LogP contribution in [-0.2, 0) is 16.1 Å². The van der Waals surface area contributed by atoms with Crippen LogP contribution in [0.1, 0.15) is 38.2 Å². The van der Waals surface area contributed by atoms with E-state index in [1.807, 2.05) is 30.0 Å². The molecule has 2 aliphatic heterocycles. The molecule has 0 atom stereocenters. The number of rotatable bonds is 8. The van der Waals surface area contributed by atoms with E-state index in [4.69, 9.17) is 9.26 Å². The Morgan fingerprint density at radius 1 is 1.06 bits per heavy atom. The Bertz CT molecular complexity index is 827. The van der Waals surface area contributed by atoms with Crippen LogP contribution in [0, 0.1) is 0 Å². The van der Waals surface area contributed by atoms with Gasteiger partial charge in [0.2, 0.25) is 11.8 Å². The van der Waals surface area contributed by atoms with Crippen LogP contribution >= 0.6 is 0 Å². The Kier molecular flexibility index (Phi) is 7.59. The number of anilines is 1. The van der Waals surface area contributed by atoms with Crippen molar-refractivity contribution in [1.82, 2.24) is 15.0 Å². The van der Waals surface area contributed by atoms with Crippen LogP contribution < -0.4 is 4.90 Å². The first kappa shape index (κ1) is 21.8. The largest absolute Gasteiger partial charge is 0.379 e. The highest BCUT2D eigenvalue weighted by Gasteiger charge is 2.27. The number of nitrogens with zero attached hydrogens (tertiary/aromatic N) is 4. The third-order valence-electron chi connectivity index (χ3n) is 6.25. The summed E-state index contributed by atoms with van der Waals surface area (Å²) in [6.45, 7) is 9.36. The number of amides is 1. The first-order valence-electron chi connectivity index (χ1n) is 11.6. The molecule has 0 unspecified atom stereocenters. The predicted octanol–water partition coefficient (Wildman–Crippen LogP) is 3.40. The van der Waals surface area contributed by atoms with Gasteiger partial charge in [-0.25, -0.2) is 0 Å². The molecule has 1 amide bonds. The molecule has 4 rings (SSSR count). The van der Waals surface area contributed by atoms with Gasteiger partial charge in [-0.2, -0.15) is 0 Å². The molecule has 2 fully saturated rings. The molecule has 1 aromatic carbocycles. The maximum absolute atomic E-state index is 12.9. The number of hydrogen-bond acceptors (Lipinski definition) is 6. The molecule has 0 spiro atoms. The number of hydrogen-bond donors (Lipinski definition) is 0. The van der Waals surface area contributed by atoms with Crippen LogP contribution in [0.4, 0.5) is 5.88 Å². The molecular formula is C24H34N4O3. The molecule has 0 radical (unpaired) electrons. The van der Waals surface area contributed by atoms with Crippen LogP contribution in [0.25, 0.3) is 11.3 Å². The number of benzene rings is 1. The van der Waals surface area contributed by atoms with Gasteiger partial charge in [-0.05, 0) is 19.3 Å². The molecule has 0 aliphatic carbocycles. The zero-order chi connectivity index (χ0) is 21.5. The van der Waals surface area contributed by atoms with Gasteiger partial charge in [-0.15, -0.1) is 0 Å². The smallest absolute Gasteiger partial charge is 0.232 e. The number of aromatic nitrogens is 1. The molecule has 3 heterocycles. The van der Waals surface area contributed by atoms with E-state index in [2.05, 4.69) is 27.1 Å². The van der Waals surface area contributed by atoms with E-state index in [0.29, 0.717) is 19.5 Å². The van der Waals surface area contributed by atoms with Crippen molar-refractivity contribution in [2.75, 3.05) is 57.4 Å². The summed E-state index contributed by atoms with van der Waals surface area (Å²) in [7, 11) is 0. The molecule has 0 N–H and O–H groups in total. The Morgan fingerprint density at radius 3 is 2.52 bits per heavy atom. The fourth-order valence-corrected chi connectivity index (χ4v) is 4.40. The standard InChI is InChI=1S/C24H34N4O3/c1-2-22(29)28(14-13-26-15-17-30-18-16-26)19-21-23(20-9-5-3-6-10-20)25-31-24(21)27-11-7-4-8-12-27/h3,5-6,9-10H,2,4,7-8,11-19H2,1H3. The maximum atomic E-state index is 12.9. The van der Waals surface area contributed by atoms with Gasteiger partial charge in [0.25, 0.3) is 0 Å². The summed E-state index contributed by atoms with van der Waals surface area (Å²) in [5.74, 6) is 0.997. The SMILES string of the molecule is CCC(=O)N(CCN1CCOCC1)Cc1c(-c2ccccc2)noc1N1CCCCC1. The fourth-order valence-electron chi connectivity index (χ4n) is 4.40. The molecule has 31 heavy (non-hydrogen) atoms. The van der Waals surface area contributed by atoms with Crippen molar-refractivity contribution in [2.24, 2.45) is 0 Å². The monoisotopic (exact) mass is 426 g/mol. The van der Waals surface area contributed by atoms with Gasteiger partial charge in [-0.3, -0.25) is 9.69 Å². The Balaban J connectivity index is 1.59. The van der Waals surface area contributed by atoms with Gasteiger partial charge in [0.15, 0.2) is 0 Å². The van der Waals surface area contributed by atoms with Crippen LogP contribution in [0.15, 0.2) is 34.9 Å². The molecule has 1 aromatic heterocycles. The van der Waals surface area contributed by atoms with Gasteiger partial charge in [0.05, 0.1) is 25.3 Å². The average molecular weight is 427 g/mol. The molecular weight excluding hydrogens is 392 g/mol. The molecule has 2 saturated heterocycles. The van der Waals surface area contributed by atoms with Crippen molar-refractivity contribution in [2.45, 2.75) is 39.2 Å². The topological polar surface area (TPSA) is 62.1 Å². The van der Waals surface area contributed by atoms with E-state index in [1.165, 1.54) is 6.42 Å². The van der Waals surface area contributed by atoms with Gasteiger partial charge >= 0.3 is 0 Å². The fraction of sp³-hybridized carbons (Fsp3) is 0.583. The van der Waals surface area contributed by atoms with Crippen LogP contribution in [0.5, 0.6) is 0 Å². The van der Waals surface area contributed by atoms with Crippen molar-refractivity contribution < 1.29 is 14.1 Å². The zero-order valence-electron chi connectivity index (χ0n) is 18.6. The van der Waals surface area contributed by atoms with Crippen LogP contribution in [-0.4, -0.2) is 73.3 Å². The summed E-state index contributed by atoms with van der Waals surface area (Å²) in [4.78, 5) is 19.5. The Hall–Kier alpha value is -2.38. The van der Waals surface area contributed by atoms with Gasteiger partial charge < -0.3 is 19.1 Å². The summed E-state index contributed by atoms with van der Waals surface area (Å²) < 4.78 is 11.4. The first-order valence-corrected chi connectivity index (χ1v) is 11.6. The normalized spacial score (nSPS) is 17.6. The minimum absolute atomic E-state index is 0.165. The number of carbonyl (C=O) groups excluding carboxylic acids is 1. The lowest BCUT2D eigenvalue weighted by atomic mass is 10.1. The minimum Gasteiger partial charge on any atom is -0.379 e. The maximum Gasteiger partial charge on any atom is 0.232 e. The molecule has 0 saturated carbocycles. The van der Waals surface area contributed by atoms with Crippen molar-refractivity contribution in [3.8, 4) is 11.3 Å². The molecule has 2 aliphatic rings. The second-order valence-corrected chi connectivity index (χ2v) is 8.35. The lowest BCUT2D eigenvalue weighted by Crippen LogP contribution is -2.43. The van der Waals surface area contributed by atoms with Gasteiger partial charge in [0, 0.05) is 51.3 Å². The summed E-state index contributed by atoms with van der Waals surface area (Å²) in [5.41, 5.74) is 2.90. The van der Waals surface area contributed by atoms with Gasteiger partial charge in [0.1, 0.15) is 5.69 Å². The van der Waals surface area contributed by atoms with E-state index < -0.39 is 0 Å². The molecule has 7 heteroatoms. The van der Waals surface area contributed by atoms with Crippen molar-refractivity contribution >= 4 is 11.8 Å². The minimum atomic E-state index is 0.165. The summed E-state index contributed by atoms with van der Waals surface area (Å²) in [6, 6.07) is 10.1. The number of piperidine rings is 1.